The molecule has 1 rings (SSSR count). The third kappa shape index (κ3) is 2.65. The van der Waals surface area contributed by atoms with Gasteiger partial charge in [0.15, 0.2) is 0 Å². The predicted molar refractivity (Wildman–Crippen MR) is 45.4 cm³/mol. The van der Waals surface area contributed by atoms with Crippen LogP contribution in [-0.4, -0.2) is 5.96 Å². The largest absolute Gasteiger partial charge is 0.416 e. The molecule has 0 unspecified atom stereocenters. The van der Waals surface area contributed by atoms with Gasteiger partial charge in [0.05, 0.1) is 11.3 Å². The molecule has 6 heteroatoms. The summed E-state index contributed by atoms with van der Waals surface area (Å²) in [7, 11) is 0. The lowest BCUT2D eigenvalue weighted by Crippen LogP contribution is -2.72. The normalized spacial score (nSPS) is 11.1. The van der Waals surface area contributed by atoms with Crippen LogP contribution >= 0.6 is 0 Å². The summed E-state index contributed by atoms with van der Waals surface area (Å²) < 4.78 is 36.6. The Morgan fingerprint density at radius 1 is 1.21 bits per heavy atom. The van der Waals surface area contributed by atoms with Gasteiger partial charge in [0.2, 0.25) is 0 Å². The van der Waals surface area contributed by atoms with Crippen LogP contribution in [0.1, 0.15) is 5.56 Å². The molecule has 0 radical (unpaired) electrons. The van der Waals surface area contributed by atoms with E-state index < -0.39 is 11.7 Å². The molecule has 0 heterocycles. The van der Waals surface area contributed by atoms with Crippen molar-refractivity contribution in [3.05, 3.63) is 29.8 Å². The first kappa shape index (κ1) is 10.4. The predicted octanol–water partition coefficient (Wildman–Crippen LogP) is -0.309. The zero-order chi connectivity index (χ0) is 10.8. The Labute approximate surface area is 78.2 Å². The molecular formula is C8H9F3N3+. The Morgan fingerprint density at radius 3 is 2.36 bits per heavy atom. The van der Waals surface area contributed by atoms with E-state index in [1.165, 1.54) is 12.1 Å². The highest BCUT2D eigenvalue weighted by Gasteiger charge is 2.30. The number of nitrogens with two attached hydrogens (primary N) is 2. The van der Waals surface area contributed by atoms with E-state index in [9.17, 15) is 13.2 Å². The first-order chi connectivity index (χ1) is 6.39. The lowest BCUT2D eigenvalue weighted by Gasteiger charge is -2.05. The van der Waals surface area contributed by atoms with E-state index in [0.717, 1.165) is 12.1 Å². The number of alkyl halides is 3. The van der Waals surface area contributed by atoms with Crippen LogP contribution in [0.15, 0.2) is 24.3 Å². The first-order valence-corrected chi connectivity index (χ1v) is 3.72. The quantitative estimate of drug-likeness (QED) is 0.434. The van der Waals surface area contributed by atoms with Crippen molar-refractivity contribution in [2.75, 3.05) is 0 Å². The summed E-state index contributed by atoms with van der Waals surface area (Å²) in [6.07, 6.45) is -4.36. The van der Waals surface area contributed by atoms with Crippen molar-refractivity contribution in [3.8, 4) is 0 Å². The minimum atomic E-state index is -4.36. The maximum absolute atomic E-state index is 12.2. The van der Waals surface area contributed by atoms with Crippen molar-refractivity contribution in [1.82, 2.24) is 0 Å². The second-order valence-corrected chi connectivity index (χ2v) is 2.66. The van der Waals surface area contributed by atoms with Crippen molar-refractivity contribution in [3.63, 3.8) is 0 Å². The second kappa shape index (κ2) is 3.57. The molecule has 0 aromatic heterocycles. The van der Waals surface area contributed by atoms with Gasteiger partial charge in [-0.25, -0.2) is 4.99 Å². The van der Waals surface area contributed by atoms with Gasteiger partial charge in [-0.2, -0.15) is 13.2 Å². The third-order valence-electron chi connectivity index (χ3n) is 1.48. The standard InChI is InChI=1S/C8H8F3N3/c9-8(10,11)5-2-1-3-6(4-5)14-7(12)13/h1-4H,(H4,12,13,14)/p+1. The van der Waals surface area contributed by atoms with E-state index in [1.54, 1.807) is 0 Å². The molecule has 76 valence electrons. The molecule has 0 amide bonds. The van der Waals surface area contributed by atoms with Crippen molar-refractivity contribution < 1.29 is 18.2 Å². The van der Waals surface area contributed by atoms with E-state index >= 15 is 0 Å². The molecular weight excluding hydrogens is 195 g/mol. The fourth-order valence-electron chi connectivity index (χ4n) is 0.940. The van der Waals surface area contributed by atoms with Crippen LogP contribution in [0.25, 0.3) is 0 Å². The molecule has 0 aliphatic heterocycles. The molecule has 0 bridgehead atoms. The molecule has 14 heavy (non-hydrogen) atoms. The first-order valence-electron chi connectivity index (χ1n) is 3.72. The molecule has 0 aliphatic carbocycles. The molecule has 0 saturated carbocycles. The number of hydrogen-bond donors (Lipinski definition) is 3. The molecule has 0 aliphatic rings. The van der Waals surface area contributed by atoms with Crippen LogP contribution in [-0.2, 0) is 6.18 Å². The highest BCUT2D eigenvalue weighted by molar-refractivity contribution is 5.70. The van der Waals surface area contributed by atoms with Crippen LogP contribution in [0.5, 0.6) is 0 Å². The monoisotopic (exact) mass is 204 g/mol. The van der Waals surface area contributed by atoms with E-state index in [4.69, 9.17) is 11.5 Å². The summed E-state index contributed by atoms with van der Waals surface area (Å²) in [5.41, 5.74) is 9.63. The van der Waals surface area contributed by atoms with Gasteiger partial charge in [0.25, 0.3) is 0 Å². The fourth-order valence-corrected chi connectivity index (χ4v) is 0.940. The summed E-state index contributed by atoms with van der Waals surface area (Å²) in [5.74, 6) is -0.149. The average Bonchev–Trinajstić information content (AvgIpc) is 2.01. The Morgan fingerprint density at radius 2 is 1.86 bits per heavy atom. The summed E-state index contributed by atoms with van der Waals surface area (Å²) in [5, 5.41) is 0. The SMILES string of the molecule is NC(N)=[NH+]c1cccc(C(F)(F)F)c1. The Hall–Kier alpha value is -1.72. The number of hydrogen-bond acceptors (Lipinski definition) is 0. The van der Waals surface area contributed by atoms with Gasteiger partial charge in [-0.05, 0) is 18.2 Å². The molecule has 0 fully saturated rings. The molecule has 1 aromatic rings. The van der Waals surface area contributed by atoms with Crippen LogP contribution in [0.3, 0.4) is 0 Å². The minimum absolute atomic E-state index is 0.149. The van der Waals surface area contributed by atoms with Gasteiger partial charge in [0.1, 0.15) is 0 Å². The maximum atomic E-state index is 12.2. The zero-order valence-corrected chi connectivity index (χ0v) is 7.10. The van der Waals surface area contributed by atoms with Crippen LogP contribution in [0.2, 0.25) is 0 Å². The summed E-state index contributed by atoms with van der Waals surface area (Å²) >= 11 is 0. The van der Waals surface area contributed by atoms with Gasteiger partial charge >= 0.3 is 12.1 Å². The van der Waals surface area contributed by atoms with Crippen molar-refractivity contribution >= 4 is 11.6 Å². The van der Waals surface area contributed by atoms with Gasteiger partial charge in [-0.3, -0.25) is 11.5 Å². The molecule has 1 aromatic carbocycles. The van der Waals surface area contributed by atoms with Crippen LogP contribution in [0, 0.1) is 0 Å². The van der Waals surface area contributed by atoms with Gasteiger partial charge in [-0.15, -0.1) is 0 Å². The summed E-state index contributed by atoms with van der Waals surface area (Å²) in [6.45, 7) is 0. The smallest absolute Gasteiger partial charge is 0.291 e. The molecule has 0 atom stereocenters. The van der Waals surface area contributed by atoms with Crippen molar-refractivity contribution in [2.45, 2.75) is 6.18 Å². The average molecular weight is 204 g/mol. The summed E-state index contributed by atoms with van der Waals surface area (Å²) in [4.78, 5) is 2.39. The Bertz CT molecular complexity index is 353. The van der Waals surface area contributed by atoms with E-state index in [1.807, 2.05) is 0 Å². The Kier molecular flexibility index (Phi) is 2.64. The number of benzene rings is 1. The van der Waals surface area contributed by atoms with Crippen LogP contribution in [0.4, 0.5) is 18.9 Å². The minimum Gasteiger partial charge on any atom is -0.291 e. The van der Waals surface area contributed by atoms with E-state index in [-0.39, 0.29) is 11.6 Å². The maximum Gasteiger partial charge on any atom is 0.416 e. The number of nitrogens with one attached hydrogen (secondary N) is 1. The number of rotatable bonds is 1. The summed E-state index contributed by atoms with van der Waals surface area (Å²) in [6, 6.07) is 4.61. The van der Waals surface area contributed by atoms with E-state index in [0.29, 0.717) is 0 Å². The van der Waals surface area contributed by atoms with Crippen LogP contribution < -0.4 is 16.5 Å². The van der Waals surface area contributed by atoms with Crippen molar-refractivity contribution in [1.29, 1.82) is 0 Å². The van der Waals surface area contributed by atoms with Crippen molar-refractivity contribution in [2.24, 2.45) is 11.5 Å². The zero-order valence-electron chi connectivity index (χ0n) is 7.10. The lowest BCUT2D eigenvalue weighted by molar-refractivity contribution is -0.356. The fraction of sp³-hybridized carbons (Fsp3) is 0.125. The highest BCUT2D eigenvalue weighted by Crippen LogP contribution is 2.29. The lowest BCUT2D eigenvalue weighted by atomic mass is 10.2. The number of halogens is 3. The molecule has 5 N–H and O–H groups in total. The topological polar surface area (TPSA) is 66.0 Å². The Balaban J connectivity index is 3.08. The second-order valence-electron chi connectivity index (χ2n) is 2.66. The molecule has 0 saturated heterocycles. The van der Waals surface area contributed by atoms with Gasteiger partial charge < -0.3 is 0 Å². The van der Waals surface area contributed by atoms with Gasteiger partial charge in [-0.1, -0.05) is 6.07 Å². The van der Waals surface area contributed by atoms with Gasteiger partial charge in [0, 0.05) is 0 Å². The van der Waals surface area contributed by atoms with E-state index in [2.05, 4.69) is 4.99 Å². The molecule has 3 nitrogen and oxygen atoms in total. The highest BCUT2D eigenvalue weighted by atomic mass is 19.4. The number of guanidine groups is 1. The third-order valence-corrected chi connectivity index (χ3v) is 1.48. The molecule has 0 spiro atoms.